The van der Waals surface area contributed by atoms with Crippen molar-refractivity contribution in [1.82, 2.24) is 10.0 Å². The third-order valence-electron chi connectivity index (χ3n) is 2.86. The van der Waals surface area contributed by atoms with Crippen LogP contribution >= 0.6 is 15.9 Å². The molecule has 0 radical (unpaired) electrons. The van der Waals surface area contributed by atoms with E-state index in [1.165, 1.54) is 6.07 Å². The Morgan fingerprint density at radius 2 is 2.11 bits per heavy atom. The van der Waals surface area contributed by atoms with E-state index in [0.717, 1.165) is 12.8 Å². The predicted octanol–water partition coefficient (Wildman–Crippen LogP) is 2.14. The Bertz CT molecular complexity index is 573. The van der Waals surface area contributed by atoms with Crippen LogP contribution in [0.2, 0.25) is 0 Å². The summed E-state index contributed by atoms with van der Waals surface area (Å²) in [4.78, 5) is -0.309. The molecule has 0 unspecified atom stereocenters. The first-order valence-corrected chi connectivity index (χ1v) is 8.42. The van der Waals surface area contributed by atoms with Crippen molar-refractivity contribution in [1.29, 1.82) is 0 Å². The lowest BCUT2D eigenvalue weighted by Gasteiger charge is -2.11. The second-order valence-electron chi connectivity index (χ2n) is 4.53. The molecule has 7 heteroatoms. The number of nitrogens with one attached hydrogen (secondary N) is 2. The van der Waals surface area contributed by atoms with Crippen LogP contribution in [0.3, 0.4) is 0 Å². The van der Waals surface area contributed by atoms with Gasteiger partial charge in [0, 0.05) is 29.2 Å². The second-order valence-corrected chi connectivity index (χ2v) is 7.18. The normalized spacial score (nSPS) is 15.7. The van der Waals surface area contributed by atoms with Gasteiger partial charge in [-0.15, -0.1) is 0 Å². The summed E-state index contributed by atoms with van der Waals surface area (Å²) in [7, 11) is -3.79. The van der Waals surface area contributed by atoms with Crippen LogP contribution in [0.4, 0.5) is 4.39 Å². The van der Waals surface area contributed by atoms with Gasteiger partial charge in [-0.05, 0) is 25.0 Å². The number of hydrogen-bond donors (Lipinski definition) is 2. The van der Waals surface area contributed by atoms with Gasteiger partial charge >= 0.3 is 0 Å². The first-order chi connectivity index (χ1) is 8.94. The molecular weight excluding hydrogens is 335 g/mol. The van der Waals surface area contributed by atoms with Gasteiger partial charge in [-0.3, -0.25) is 0 Å². The molecule has 1 saturated carbocycles. The van der Waals surface area contributed by atoms with Crippen LogP contribution in [0.1, 0.15) is 25.3 Å². The summed E-state index contributed by atoms with van der Waals surface area (Å²) in [5, 5.41) is 3.18. The van der Waals surface area contributed by atoms with Crippen LogP contribution in [0.15, 0.2) is 21.5 Å². The zero-order valence-electron chi connectivity index (χ0n) is 10.5. The Kier molecular flexibility index (Phi) is 4.60. The molecule has 106 valence electrons. The standard InChI is InChI=1S/C12H16BrFN2O2S/c1-2-16-19(17,18)11-6-9(13)5-8(12(11)14)7-15-10-3-4-10/h5-6,10,15-16H,2-4,7H2,1H3. The van der Waals surface area contributed by atoms with Gasteiger partial charge in [-0.25, -0.2) is 17.5 Å². The van der Waals surface area contributed by atoms with Crippen LogP contribution in [0, 0.1) is 5.82 Å². The van der Waals surface area contributed by atoms with E-state index in [1.54, 1.807) is 13.0 Å². The number of halogens is 2. The molecule has 0 saturated heterocycles. The highest BCUT2D eigenvalue weighted by Gasteiger charge is 2.24. The molecule has 2 rings (SSSR count). The van der Waals surface area contributed by atoms with E-state index >= 15 is 0 Å². The maximum absolute atomic E-state index is 14.3. The highest BCUT2D eigenvalue weighted by Crippen LogP contribution is 2.25. The molecule has 0 atom stereocenters. The van der Waals surface area contributed by atoms with Gasteiger partial charge in [-0.1, -0.05) is 22.9 Å². The van der Waals surface area contributed by atoms with Crippen molar-refractivity contribution in [3.63, 3.8) is 0 Å². The van der Waals surface area contributed by atoms with Gasteiger partial charge in [0.05, 0.1) is 0 Å². The van der Waals surface area contributed by atoms with Gasteiger partial charge in [0.25, 0.3) is 0 Å². The van der Waals surface area contributed by atoms with Crippen molar-refractivity contribution in [3.8, 4) is 0 Å². The van der Waals surface area contributed by atoms with Gasteiger partial charge < -0.3 is 5.32 Å². The van der Waals surface area contributed by atoms with Crippen molar-refractivity contribution in [2.75, 3.05) is 6.54 Å². The Labute approximate surface area is 121 Å². The molecule has 1 aliphatic carbocycles. The third-order valence-corrected chi connectivity index (χ3v) is 4.86. The summed E-state index contributed by atoms with van der Waals surface area (Å²) in [5.74, 6) is -0.683. The fourth-order valence-corrected chi connectivity index (χ4v) is 3.59. The predicted molar refractivity (Wildman–Crippen MR) is 74.8 cm³/mol. The summed E-state index contributed by atoms with van der Waals surface area (Å²) in [5.41, 5.74) is 0.359. The molecule has 0 bridgehead atoms. The average molecular weight is 351 g/mol. The van der Waals surface area contributed by atoms with Crippen molar-refractivity contribution >= 4 is 26.0 Å². The summed E-state index contributed by atoms with van der Waals surface area (Å²) < 4.78 is 40.9. The van der Waals surface area contributed by atoms with E-state index in [4.69, 9.17) is 0 Å². The van der Waals surface area contributed by atoms with E-state index in [9.17, 15) is 12.8 Å². The maximum Gasteiger partial charge on any atom is 0.243 e. The van der Waals surface area contributed by atoms with Crippen LogP contribution in [-0.2, 0) is 16.6 Å². The molecule has 1 aliphatic rings. The molecule has 0 spiro atoms. The smallest absolute Gasteiger partial charge is 0.243 e. The number of benzene rings is 1. The van der Waals surface area contributed by atoms with Crippen LogP contribution in [0.25, 0.3) is 0 Å². The van der Waals surface area contributed by atoms with Crippen molar-refractivity contribution in [3.05, 3.63) is 28.0 Å². The van der Waals surface area contributed by atoms with E-state index in [0.29, 0.717) is 22.6 Å². The minimum absolute atomic E-state index is 0.226. The number of hydrogen-bond acceptors (Lipinski definition) is 3. The first kappa shape index (κ1) is 14.9. The maximum atomic E-state index is 14.3. The lowest BCUT2D eigenvalue weighted by Crippen LogP contribution is -2.25. The zero-order valence-corrected chi connectivity index (χ0v) is 12.9. The monoisotopic (exact) mass is 350 g/mol. The lowest BCUT2D eigenvalue weighted by molar-refractivity contribution is 0.542. The highest BCUT2D eigenvalue weighted by molar-refractivity contribution is 9.10. The average Bonchev–Trinajstić information content (AvgIpc) is 3.13. The summed E-state index contributed by atoms with van der Waals surface area (Å²) in [6.45, 7) is 2.22. The van der Waals surface area contributed by atoms with E-state index in [1.807, 2.05) is 0 Å². The molecule has 19 heavy (non-hydrogen) atoms. The van der Waals surface area contributed by atoms with Crippen LogP contribution in [-0.4, -0.2) is 21.0 Å². The number of rotatable bonds is 6. The molecule has 4 nitrogen and oxygen atoms in total. The fourth-order valence-electron chi connectivity index (χ4n) is 1.75. The molecular formula is C12H16BrFN2O2S. The molecule has 0 aliphatic heterocycles. The summed E-state index contributed by atoms with van der Waals surface area (Å²) in [6.07, 6.45) is 2.19. The molecule has 0 aromatic heterocycles. The van der Waals surface area contributed by atoms with E-state index < -0.39 is 15.8 Å². The molecule has 0 amide bonds. The topological polar surface area (TPSA) is 58.2 Å². The van der Waals surface area contributed by atoms with Crippen LogP contribution < -0.4 is 10.0 Å². The van der Waals surface area contributed by atoms with Gasteiger partial charge in [0.15, 0.2) is 0 Å². The van der Waals surface area contributed by atoms with Crippen molar-refractivity contribution < 1.29 is 12.8 Å². The quantitative estimate of drug-likeness (QED) is 0.826. The summed E-state index contributed by atoms with van der Waals surface area (Å²) in [6, 6.07) is 3.33. The number of sulfonamides is 1. The van der Waals surface area contributed by atoms with Crippen molar-refractivity contribution in [2.45, 2.75) is 37.2 Å². The molecule has 1 aromatic rings. The Morgan fingerprint density at radius 1 is 1.42 bits per heavy atom. The van der Waals surface area contributed by atoms with Gasteiger partial charge in [0.1, 0.15) is 10.7 Å². The second kappa shape index (κ2) is 5.87. The summed E-state index contributed by atoms with van der Waals surface area (Å²) >= 11 is 3.23. The molecule has 0 heterocycles. The first-order valence-electron chi connectivity index (χ1n) is 6.15. The van der Waals surface area contributed by atoms with Gasteiger partial charge in [0.2, 0.25) is 10.0 Å². The largest absolute Gasteiger partial charge is 0.310 e. The van der Waals surface area contributed by atoms with Crippen molar-refractivity contribution in [2.24, 2.45) is 0 Å². The lowest BCUT2D eigenvalue weighted by atomic mass is 10.2. The fraction of sp³-hybridized carbons (Fsp3) is 0.500. The zero-order chi connectivity index (χ0) is 14.0. The van der Waals surface area contributed by atoms with Crippen LogP contribution in [0.5, 0.6) is 0 Å². The van der Waals surface area contributed by atoms with E-state index in [-0.39, 0.29) is 11.4 Å². The highest BCUT2D eigenvalue weighted by atomic mass is 79.9. The Balaban J connectivity index is 2.32. The minimum Gasteiger partial charge on any atom is -0.310 e. The Morgan fingerprint density at radius 3 is 2.68 bits per heavy atom. The Hall–Kier alpha value is -0.500. The van der Waals surface area contributed by atoms with E-state index in [2.05, 4.69) is 26.0 Å². The molecule has 1 aromatic carbocycles. The molecule has 1 fully saturated rings. The third kappa shape index (κ3) is 3.75. The molecule has 2 N–H and O–H groups in total. The minimum atomic E-state index is -3.79. The van der Waals surface area contributed by atoms with Gasteiger partial charge in [-0.2, -0.15) is 0 Å². The SMILES string of the molecule is CCNS(=O)(=O)c1cc(Br)cc(CNC2CC2)c1F.